The van der Waals surface area contributed by atoms with Gasteiger partial charge in [-0.2, -0.15) is 0 Å². The molecule has 1 saturated carbocycles. The minimum atomic E-state index is 0.258. The van der Waals surface area contributed by atoms with Crippen LogP contribution < -0.4 is 5.73 Å². The highest BCUT2D eigenvalue weighted by Crippen LogP contribution is 2.43. The minimum absolute atomic E-state index is 0.258. The Bertz CT molecular complexity index is 246. The molecule has 0 radical (unpaired) electrons. The van der Waals surface area contributed by atoms with E-state index in [0.29, 0.717) is 17.4 Å². The Balaban J connectivity index is 2.84. The van der Waals surface area contributed by atoms with Crippen molar-refractivity contribution >= 4 is 0 Å². The van der Waals surface area contributed by atoms with Crippen molar-refractivity contribution in [3.05, 3.63) is 0 Å². The first-order valence-corrected chi connectivity index (χ1v) is 7.69. The van der Waals surface area contributed by atoms with E-state index < -0.39 is 0 Å². The Morgan fingerprint density at radius 3 is 1.83 bits per heavy atom. The van der Waals surface area contributed by atoms with E-state index in [2.05, 4.69) is 46.4 Å². The van der Waals surface area contributed by atoms with E-state index in [-0.39, 0.29) is 5.54 Å². The molecular formula is C16H34N2. The fraction of sp³-hybridized carbons (Fsp3) is 1.00. The van der Waals surface area contributed by atoms with Gasteiger partial charge in [0.05, 0.1) is 0 Å². The summed E-state index contributed by atoms with van der Waals surface area (Å²) in [6, 6.07) is 0.595. The fourth-order valence-electron chi connectivity index (χ4n) is 3.35. The second-order valence-electron chi connectivity index (χ2n) is 7.73. The lowest BCUT2D eigenvalue weighted by Crippen LogP contribution is -2.59. The molecule has 2 heteroatoms. The number of nitrogens with two attached hydrogens (primary N) is 1. The standard InChI is InChI=1S/C16H34N2/c1-13(2)11-18(14(3)4)16(12-17)9-7-15(5,6)8-10-16/h13-14H,7-12,17H2,1-6H3. The molecule has 0 amide bonds. The maximum Gasteiger partial charge on any atom is 0.0334 e. The first-order valence-electron chi connectivity index (χ1n) is 7.69. The predicted molar refractivity (Wildman–Crippen MR) is 80.7 cm³/mol. The minimum Gasteiger partial charge on any atom is -0.329 e. The highest BCUT2D eigenvalue weighted by atomic mass is 15.2. The van der Waals surface area contributed by atoms with Crippen molar-refractivity contribution in [3.63, 3.8) is 0 Å². The highest BCUT2D eigenvalue weighted by molar-refractivity contribution is 4.99. The number of hydrogen-bond donors (Lipinski definition) is 1. The van der Waals surface area contributed by atoms with Crippen molar-refractivity contribution in [3.8, 4) is 0 Å². The van der Waals surface area contributed by atoms with E-state index in [1.807, 2.05) is 0 Å². The molecule has 0 aromatic heterocycles. The van der Waals surface area contributed by atoms with Crippen LogP contribution in [0.5, 0.6) is 0 Å². The van der Waals surface area contributed by atoms with Gasteiger partial charge >= 0.3 is 0 Å². The Morgan fingerprint density at radius 1 is 1.00 bits per heavy atom. The van der Waals surface area contributed by atoms with Crippen LogP contribution in [0.4, 0.5) is 0 Å². The number of hydrogen-bond acceptors (Lipinski definition) is 2. The molecule has 0 spiro atoms. The number of rotatable bonds is 5. The van der Waals surface area contributed by atoms with E-state index >= 15 is 0 Å². The van der Waals surface area contributed by atoms with Gasteiger partial charge in [-0.3, -0.25) is 4.90 Å². The second kappa shape index (κ2) is 5.92. The maximum atomic E-state index is 6.20. The van der Waals surface area contributed by atoms with Gasteiger partial charge in [-0.15, -0.1) is 0 Å². The van der Waals surface area contributed by atoms with Crippen LogP contribution >= 0.6 is 0 Å². The first-order chi connectivity index (χ1) is 8.22. The van der Waals surface area contributed by atoms with Gasteiger partial charge in [0.25, 0.3) is 0 Å². The third kappa shape index (κ3) is 3.71. The van der Waals surface area contributed by atoms with E-state index in [1.165, 1.54) is 32.2 Å². The summed E-state index contributed by atoms with van der Waals surface area (Å²) in [5, 5.41) is 0. The second-order valence-corrected chi connectivity index (χ2v) is 7.73. The Kier molecular flexibility index (Phi) is 5.25. The molecule has 2 nitrogen and oxygen atoms in total. The smallest absolute Gasteiger partial charge is 0.0334 e. The average molecular weight is 254 g/mol. The van der Waals surface area contributed by atoms with E-state index in [1.54, 1.807) is 0 Å². The molecule has 0 heterocycles. The largest absolute Gasteiger partial charge is 0.329 e. The summed E-state index contributed by atoms with van der Waals surface area (Å²) in [6.45, 7) is 16.0. The lowest BCUT2D eigenvalue weighted by molar-refractivity contribution is -0.00550. The van der Waals surface area contributed by atoms with Crippen LogP contribution in [0.25, 0.3) is 0 Å². The van der Waals surface area contributed by atoms with E-state index in [9.17, 15) is 0 Å². The molecule has 108 valence electrons. The summed E-state index contributed by atoms with van der Waals surface area (Å²) in [5.41, 5.74) is 6.97. The normalized spacial score (nSPS) is 23.0. The van der Waals surface area contributed by atoms with Crippen molar-refractivity contribution in [1.29, 1.82) is 0 Å². The summed E-state index contributed by atoms with van der Waals surface area (Å²) < 4.78 is 0. The van der Waals surface area contributed by atoms with Crippen LogP contribution in [-0.4, -0.2) is 29.6 Å². The topological polar surface area (TPSA) is 29.3 Å². The van der Waals surface area contributed by atoms with Gasteiger partial charge in [0.1, 0.15) is 0 Å². The molecule has 1 fully saturated rings. The molecule has 0 atom stereocenters. The zero-order chi connectivity index (χ0) is 14.0. The molecule has 0 aromatic carbocycles. The van der Waals surface area contributed by atoms with Gasteiger partial charge in [0.15, 0.2) is 0 Å². The third-order valence-electron chi connectivity index (χ3n) is 4.71. The first kappa shape index (κ1) is 16.0. The predicted octanol–water partition coefficient (Wildman–Crippen LogP) is 3.65. The molecule has 0 unspecified atom stereocenters. The van der Waals surface area contributed by atoms with Crippen LogP contribution in [0, 0.1) is 11.3 Å². The molecule has 2 N–H and O–H groups in total. The molecule has 0 aromatic rings. The molecule has 0 bridgehead atoms. The van der Waals surface area contributed by atoms with Crippen LogP contribution in [0.1, 0.15) is 67.2 Å². The molecule has 0 saturated heterocycles. The summed E-state index contributed by atoms with van der Waals surface area (Å²) in [7, 11) is 0. The van der Waals surface area contributed by atoms with Crippen molar-refractivity contribution in [2.75, 3.05) is 13.1 Å². The van der Waals surface area contributed by atoms with Gasteiger partial charge in [0.2, 0.25) is 0 Å². The maximum absolute atomic E-state index is 6.20. The van der Waals surface area contributed by atoms with Gasteiger partial charge in [-0.05, 0) is 50.9 Å². The van der Waals surface area contributed by atoms with Gasteiger partial charge in [-0.25, -0.2) is 0 Å². The van der Waals surface area contributed by atoms with Crippen molar-refractivity contribution < 1.29 is 0 Å². The van der Waals surface area contributed by atoms with Crippen LogP contribution in [-0.2, 0) is 0 Å². The lowest BCUT2D eigenvalue weighted by atomic mass is 9.68. The number of nitrogens with zero attached hydrogens (tertiary/aromatic N) is 1. The van der Waals surface area contributed by atoms with Gasteiger partial charge in [-0.1, -0.05) is 27.7 Å². The molecular weight excluding hydrogens is 220 g/mol. The Morgan fingerprint density at radius 2 is 1.50 bits per heavy atom. The monoisotopic (exact) mass is 254 g/mol. The van der Waals surface area contributed by atoms with Crippen LogP contribution in [0.2, 0.25) is 0 Å². The third-order valence-corrected chi connectivity index (χ3v) is 4.71. The molecule has 1 rings (SSSR count). The van der Waals surface area contributed by atoms with Crippen molar-refractivity contribution in [2.24, 2.45) is 17.1 Å². The quantitative estimate of drug-likeness (QED) is 0.811. The van der Waals surface area contributed by atoms with Crippen molar-refractivity contribution in [2.45, 2.75) is 78.8 Å². The molecule has 0 aliphatic heterocycles. The van der Waals surface area contributed by atoms with Gasteiger partial charge < -0.3 is 5.73 Å². The summed E-state index contributed by atoms with van der Waals surface area (Å²) in [6.07, 6.45) is 5.15. The van der Waals surface area contributed by atoms with Crippen LogP contribution in [0.3, 0.4) is 0 Å². The molecule has 18 heavy (non-hydrogen) atoms. The highest BCUT2D eigenvalue weighted by Gasteiger charge is 2.42. The lowest BCUT2D eigenvalue weighted by Gasteiger charge is -2.52. The average Bonchev–Trinajstić information content (AvgIpc) is 2.27. The van der Waals surface area contributed by atoms with Crippen LogP contribution in [0.15, 0.2) is 0 Å². The Labute approximate surface area is 114 Å². The zero-order valence-electron chi connectivity index (χ0n) is 13.4. The van der Waals surface area contributed by atoms with Crippen molar-refractivity contribution in [1.82, 2.24) is 4.90 Å². The summed E-state index contributed by atoms with van der Waals surface area (Å²) in [5.74, 6) is 0.714. The molecule has 1 aliphatic carbocycles. The van der Waals surface area contributed by atoms with Gasteiger partial charge in [0, 0.05) is 24.7 Å². The Hall–Kier alpha value is -0.0800. The summed E-state index contributed by atoms with van der Waals surface area (Å²) >= 11 is 0. The molecule has 1 aliphatic rings. The van der Waals surface area contributed by atoms with E-state index in [0.717, 1.165) is 6.54 Å². The zero-order valence-corrected chi connectivity index (χ0v) is 13.4. The fourth-order valence-corrected chi connectivity index (χ4v) is 3.35. The SMILES string of the molecule is CC(C)CN(C(C)C)C1(CN)CCC(C)(C)CC1. The summed E-state index contributed by atoms with van der Waals surface area (Å²) in [4.78, 5) is 2.69. The van der Waals surface area contributed by atoms with E-state index in [4.69, 9.17) is 5.73 Å².